The van der Waals surface area contributed by atoms with Crippen molar-refractivity contribution in [2.45, 2.75) is 6.42 Å². The van der Waals surface area contributed by atoms with E-state index in [2.05, 4.69) is 38.5 Å². The van der Waals surface area contributed by atoms with Crippen LogP contribution in [0.5, 0.6) is 0 Å². The smallest absolute Gasteiger partial charge is 0.168 e. The number of hydrogen-bond acceptors (Lipinski definition) is 1. The van der Waals surface area contributed by atoms with Crippen molar-refractivity contribution < 1.29 is 13.6 Å². The predicted octanol–water partition coefficient (Wildman–Crippen LogP) is 4.76. The second-order valence-electron chi connectivity index (χ2n) is 3.97. The number of hydrogen-bond donors (Lipinski definition) is 0. The zero-order valence-electron chi connectivity index (χ0n) is 9.59. The number of Topliss-reactive ketones (excluding diaryl/α,β-unsaturated/α-hetero) is 1. The van der Waals surface area contributed by atoms with Crippen molar-refractivity contribution in [3.05, 3.63) is 67.2 Å². The van der Waals surface area contributed by atoms with Crippen LogP contribution in [0.3, 0.4) is 0 Å². The Hall–Kier alpha value is -0.820. The van der Waals surface area contributed by atoms with Crippen molar-refractivity contribution in [3.8, 4) is 0 Å². The maximum atomic E-state index is 13.1. The molecule has 0 unspecified atom stereocenters. The maximum Gasteiger partial charge on any atom is 0.168 e. The SMILES string of the molecule is O=C(Cc1ccc(F)c(F)c1)c1cc(I)ccc1Br. The normalized spacial score (nSPS) is 10.5. The van der Waals surface area contributed by atoms with Crippen LogP contribution in [0.1, 0.15) is 15.9 Å². The predicted molar refractivity (Wildman–Crippen MR) is 81.3 cm³/mol. The van der Waals surface area contributed by atoms with Gasteiger partial charge in [0.1, 0.15) is 0 Å². The maximum absolute atomic E-state index is 13.1. The molecule has 0 atom stereocenters. The molecule has 0 aliphatic rings. The van der Waals surface area contributed by atoms with Crippen molar-refractivity contribution in [2.75, 3.05) is 0 Å². The highest BCUT2D eigenvalue weighted by Gasteiger charge is 2.12. The van der Waals surface area contributed by atoms with Crippen LogP contribution in [0.2, 0.25) is 0 Å². The average molecular weight is 437 g/mol. The molecule has 98 valence electrons. The van der Waals surface area contributed by atoms with Gasteiger partial charge < -0.3 is 0 Å². The van der Waals surface area contributed by atoms with Crippen LogP contribution in [0, 0.1) is 15.2 Å². The summed E-state index contributed by atoms with van der Waals surface area (Å²) in [5.41, 5.74) is 0.992. The quantitative estimate of drug-likeness (QED) is 0.501. The van der Waals surface area contributed by atoms with E-state index in [1.165, 1.54) is 6.07 Å². The molecule has 0 spiro atoms. The molecule has 0 fully saturated rings. The van der Waals surface area contributed by atoms with Crippen molar-refractivity contribution in [1.82, 2.24) is 0 Å². The first-order chi connectivity index (χ1) is 8.97. The van der Waals surface area contributed by atoms with E-state index in [9.17, 15) is 13.6 Å². The minimum absolute atomic E-state index is 0.0376. The fourth-order valence-corrected chi connectivity index (χ4v) is 2.60. The molecule has 0 heterocycles. The molecule has 0 radical (unpaired) electrons. The van der Waals surface area contributed by atoms with E-state index in [1.54, 1.807) is 12.1 Å². The van der Waals surface area contributed by atoms with E-state index >= 15 is 0 Å². The molecule has 0 amide bonds. The lowest BCUT2D eigenvalue weighted by Gasteiger charge is -2.05. The molecule has 19 heavy (non-hydrogen) atoms. The van der Waals surface area contributed by atoms with E-state index in [-0.39, 0.29) is 12.2 Å². The fourth-order valence-electron chi connectivity index (χ4n) is 1.64. The molecular formula is C14H8BrF2IO. The van der Waals surface area contributed by atoms with Crippen LogP contribution in [0.15, 0.2) is 40.9 Å². The number of rotatable bonds is 3. The van der Waals surface area contributed by atoms with Crippen LogP contribution in [0.4, 0.5) is 8.78 Å². The van der Waals surface area contributed by atoms with Gasteiger partial charge in [0.15, 0.2) is 17.4 Å². The third-order valence-corrected chi connectivity index (χ3v) is 3.94. The van der Waals surface area contributed by atoms with Crippen LogP contribution in [-0.4, -0.2) is 5.78 Å². The van der Waals surface area contributed by atoms with Gasteiger partial charge in [0.2, 0.25) is 0 Å². The molecule has 0 aromatic heterocycles. The van der Waals surface area contributed by atoms with E-state index < -0.39 is 11.6 Å². The Morgan fingerprint density at radius 1 is 1.11 bits per heavy atom. The van der Waals surface area contributed by atoms with Crippen LogP contribution in [-0.2, 0) is 6.42 Å². The van der Waals surface area contributed by atoms with Gasteiger partial charge in [-0.2, -0.15) is 0 Å². The van der Waals surface area contributed by atoms with Gasteiger partial charge in [-0.05, 0) is 58.5 Å². The van der Waals surface area contributed by atoms with Crippen molar-refractivity contribution in [2.24, 2.45) is 0 Å². The second kappa shape index (κ2) is 6.09. The molecule has 0 aliphatic carbocycles. The van der Waals surface area contributed by atoms with Crippen LogP contribution >= 0.6 is 38.5 Å². The largest absolute Gasteiger partial charge is 0.294 e. The summed E-state index contributed by atoms with van der Waals surface area (Å²) in [6.45, 7) is 0. The van der Waals surface area contributed by atoms with Crippen LogP contribution < -0.4 is 0 Å². The molecule has 0 saturated heterocycles. The van der Waals surface area contributed by atoms with Gasteiger partial charge >= 0.3 is 0 Å². The third kappa shape index (κ3) is 3.60. The molecule has 0 saturated carbocycles. The first-order valence-corrected chi connectivity index (χ1v) is 7.26. The average Bonchev–Trinajstić information content (AvgIpc) is 2.36. The number of ketones is 1. The third-order valence-electron chi connectivity index (χ3n) is 2.58. The minimum atomic E-state index is -0.938. The Balaban J connectivity index is 2.25. The summed E-state index contributed by atoms with van der Waals surface area (Å²) in [4.78, 5) is 12.1. The molecule has 0 N–H and O–H groups in total. The summed E-state index contributed by atoms with van der Waals surface area (Å²) in [7, 11) is 0. The molecule has 2 rings (SSSR count). The van der Waals surface area contributed by atoms with Gasteiger partial charge in [-0.3, -0.25) is 4.79 Å². The Bertz CT molecular complexity index is 643. The summed E-state index contributed by atoms with van der Waals surface area (Å²) >= 11 is 5.43. The lowest BCUT2D eigenvalue weighted by atomic mass is 10.0. The Labute approximate surface area is 131 Å². The monoisotopic (exact) mass is 436 g/mol. The zero-order valence-corrected chi connectivity index (χ0v) is 13.3. The standard InChI is InChI=1S/C14H8BrF2IO/c15-11-3-2-9(18)7-10(11)14(19)6-8-1-4-12(16)13(17)5-8/h1-5,7H,6H2. The highest BCUT2D eigenvalue weighted by Crippen LogP contribution is 2.21. The molecule has 1 nitrogen and oxygen atoms in total. The van der Waals surface area contributed by atoms with Gasteiger partial charge in [-0.15, -0.1) is 0 Å². The van der Waals surface area contributed by atoms with E-state index in [0.717, 1.165) is 15.7 Å². The molecule has 0 aliphatic heterocycles. The summed E-state index contributed by atoms with van der Waals surface area (Å²) < 4.78 is 27.5. The van der Waals surface area contributed by atoms with Crippen molar-refractivity contribution in [1.29, 1.82) is 0 Å². The van der Waals surface area contributed by atoms with Gasteiger partial charge in [0.25, 0.3) is 0 Å². The highest BCUT2D eigenvalue weighted by atomic mass is 127. The topological polar surface area (TPSA) is 17.1 Å². The van der Waals surface area contributed by atoms with Gasteiger partial charge in [-0.25, -0.2) is 8.78 Å². The number of carbonyl (C=O) groups is 1. The van der Waals surface area contributed by atoms with Crippen LogP contribution in [0.25, 0.3) is 0 Å². The first kappa shape index (κ1) is 14.6. The minimum Gasteiger partial charge on any atom is -0.294 e. The zero-order chi connectivity index (χ0) is 14.0. The fraction of sp³-hybridized carbons (Fsp3) is 0.0714. The van der Waals surface area contributed by atoms with Gasteiger partial charge in [-0.1, -0.05) is 22.0 Å². The Morgan fingerprint density at radius 2 is 1.84 bits per heavy atom. The molecule has 2 aromatic carbocycles. The highest BCUT2D eigenvalue weighted by molar-refractivity contribution is 14.1. The molecule has 5 heteroatoms. The molecular weight excluding hydrogens is 429 g/mol. The number of carbonyl (C=O) groups excluding carboxylic acids is 1. The van der Waals surface area contributed by atoms with Crippen molar-refractivity contribution in [3.63, 3.8) is 0 Å². The summed E-state index contributed by atoms with van der Waals surface area (Å²) in [5, 5.41) is 0. The summed E-state index contributed by atoms with van der Waals surface area (Å²) in [6, 6.07) is 8.92. The second-order valence-corrected chi connectivity index (χ2v) is 6.07. The van der Waals surface area contributed by atoms with Gasteiger partial charge in [0.05, 0.1) is 0 Å². The number of halogens is 4. The lowest BCUT2D eigenvalue weighted by molar-refractivity contribution is 0.0992. The molecule has 2 aromatic rings. The molecule has 0 bridgehead atoms. The van der Waals surface area contributed by atoms with Gasteiger partial charge in [0, 0.05) is 20.0 Å². The van der Waals surface area contributed by atoms with E-state index in [1.807, 2.05) is 6.07 Å². The Kier molecular flexibility index (Phi) is 4.67. The van der Waals surface area contributed by atoms with E-state index in [4.69, 9.17) is 0 Å². The number of benzene rings is 2. The van der Waals surface area contributed by atoms with Crippen molar-refractivity contribution >= 4 is 44.3 Å². The Morgan fingerprint density at radius 3 is 2.53 bits per heavy atom. The lowest BCUT2D eigenvalue weighted by Crippen LogP contribution is -2.05. The summed E-state index contributed by atoms with van der Waals surface area (Å²) in [5.74, 6) is -1.99. The first-order valence-electron chi connectivity index (χ1n) is 5.39. The summed E-state index contributed by atoms with van der Waals surface area (Å²) in [6.07, 6.45) is 0.0376. The van der Waals surface area contributed by atoms with E-state index in [0.29, 0.717) is 15.6 Å².